The first kappa shape index (κ1) is 13.6. The van der Waals surface area contributed by atoms with Crippen molar-refractivity contribution in [3.8, 4) is 0 Å². The van der Waals surface area contributed by atoms with Gasteiger partial charge in [0.1, 0.15) is 0 Å². The van der Waals surface area contributed by atoms with Gasteiger partial charge in [0.15, 0.2) is 0 Å². The molecule has 1 aromatic heterocycles. The molecule has 3 nitrogen and oxygen atoms in total. The zero-order valence-corrected chi connectivity index (χ0v) is 11.9. The number of rotatable bonds is 4. The van der Waals surface area contributed by atoms with Crippen LogP contribution in [0, 0.1) is 13.8 Å². The summed E-state index contributed by atoms with van der Waals surface area (Å²) in [6.45, 7) is 8.44. The molecule has 0 aliphatic heterocycles. The summed E-state index contributed by atoms with van der Waals surface area (Å²) >= 11 is 0. The third kappa shape index (κ3) is 2.78. The Labute approximate surface area is 110 Å². The van der Waals surface area contributed by atoms with E-state index in [-0.39, 0.29) is 12.1 Å². The fourth-order valence-corrected chi connectivity index (χ4v) is 3.13. The van der Waals surface area contributed by atoms with Crippen molar-refractivity contribution < 1.29 is 5.11 Å². The van der Waals surface area contributed by atoms with Gasteiger partial charge in [0, 0.05) is 30.5 Å². The molecule has 1 saturated carbocycles. The van der Waals surface area contributed by atoms with E-state index in [9.17, 15) is 5.11 Å². The third-order valence-electron chi connectivity index (χ3n) is 4.28. The van der Waals surface area contributed by atoms with Crippen molar-refractivity contribution in [2.24, 2.45) is 0 Å². The van der Waals surface area contributed by atoms with E-state index >= 15 is 0 Å². The van der Waals surface area contributed by atoms with Crippen molar-refractivity contribution >= 4 is 0 Å². The van der Waals surface area contributed by atoms with Gasteiger partial charge in [0.25, 0.3) is 0 Å². The summed E-state index contributed by atoms with van der Waals surface area (Å²) in [6, 6.07) is 2.55. The second-order valence-corrected chi connectivity index (χ2v) is 5.48. The molecule has 2 atom stereocenters. The number of nitrogens with zero attached hydrogens (tertiary/aromatic N) is 1. The summed E-state index contributed by atoms with van der Waals surface area (Å²) in [5.41, 5.74) is 4.05. The van der Waals surface area contributed by atoms with Crippen LogP contribution in [0.4, 0.5) is 0 Å². The highest BCUT2D eigenvalue weighted by molar-refractivity contribution is 5.26. The number of aliphatic hydroxyl groups is 1. The molecular weight excluding hydrogens is 224 g/mol. The highest BCUT2D eigenvalue weighted by Crippen LogP contribution is 2.20. The molecule has 102 valence electrons. The molecular formula is C15H26N2O. The first-order valence-corrected chi connectivity index (χ1v) is 7.20. The molecule has 2 unspecified atom stereocenters. The Morgan fingerprint density at radius 3 is 2.67 bits per heavy atom. The van der Waals surface area contributed by atoms with Crippen LogP contribution in [0.5, 0.6) is 0 Å². The topological polar surface area (TPSA) is 37.2 Å². The van der Waals surface area contributed by atoms with E-state index < -0.39 is 0 Å². The summed E-state index contributed by atoms with van der Waals surface area (Å²) < 4.78 is 2.34. The molecule has 2 rings (SSSR count). The van der Waals surface area contributed by atoms with Gasteiger partial charge < -0.3 is 15.0 Å². The lowest BCUT2D eigenvalue weighted by atomic mass is 9.92. The molecule has 2 N–H and O–H groups in total. The Balaban J connectivity index is 1.97. The van der Waals surface area contributed by atoms with Gasteiger partial charge in [-0.05, 0) is 45.2 Å². The summed E-state index contributed by atoms with van der Waals surface area (Å²) in [5, 5.41) is 13.5. The van der Waals surface area contributed by atoms with Gasteiger partial charge in [-0.2, -0.15) is 0 Å². The van der Waals surface area contributed by atoms with E-state index in [1.54, 1.807) is 0 Å². The normalized spacial score (nSPS) is 24.4. The molecule has 0 radical (unpaired) electrons. The first-order chi connectivity index (χ1) is 8.63. The largest absolute Gasteiger partial charge is 0.392 e. The molecule has 0 bridgehead atoms. The van der Waals surface area contributed by atoms with Crippen LogP contribution < -0.4 is 5.32 Å². The predicted molar refractivity (Wildman–Crippen MR) is 74.7 cm³/mol. The molecule has 0 saturated heterocycles. The molecule has 3 heteroatoms. The van der Waals surface area contributed by atoms with E-state index in [1.807, 2.05) is 0 Å². The van der Waals surface area contributed by atoms with E-state index in [4.69, 9.17) is 0 Å². The third-order valence-corrected chi connectivity index (χ3v) is 4.28. The number of hydrogen-bond donors (Lipinski definition) is 2. The van der Waals surface area contributed by atoms with Gasteiger partial charge in [-0.15, -0.1) is 0 Å². The van der Waals surface area contributed by atoms with Crippen molar-refractivity contribution in [2.45, 2.75) is 71.7 Å². The minimum absolute atomic E-state index is 0.159. The Hall–Kier alpha value is -0.800. The number of aliphatic hydroxyl groups excluding tert-OH is 1. The highest BCUT2D eigenvalue weighted by atomic mass is 16.3. The number of hydrogen-bond acceptors (Lipinski definition) is 2. The van der Waals surface area contributed by atoms with E-state index in [2.05, 4.69) is 36.7 Å². The Bertz CT molecular complexity index is 397. The fraction of sp³-hybridized carbons (Fsp3) is 0.733. The molecule has 0 aromatic carbocycles. The SMILES string of the molecule is CCn1c(C)cc(CNC2CCCCC2O)c1C. The first-order valence-electron chi connectivity index (χ1n) is 7.20. The summed E-state index contributed by atoms with van der Waals surface area (Å²) in [4.78, 5) is 0. The van der Waals surface area contributed by atoms with Crippen LogP contribution in [0.15, 0.2) is 6.07 Å². The van der Waals surface area contributed by atoms with Crippen LogP contribution in [0.25, 0.3) is 0 Å². The molecule has 0 spiro atoms. The highest BCUT2D eigenvalue weighted by Gasteiger charge is 2.22. The molecule has 1 aromatic rings. The van der Waals surface area contributed by atoms with Crippen molar-refractivity contribution in [2.75, 3.05) is 0 Å². The second kappa shape index (κ2) is 5.89. The van der Waals surface area contributed by atoms with Crippen LogP contribution in [0.1, 0.15) is 49.6 Å². The van der Waals surface area contributed by atoms with Crippen molar-refractivity contribution in [3.05, 3.63) is 23.0 Å². The number of aryl methyl sites for hydroxylation is 1. The fourth-order valence-electron chi connectivity index (χ4n) is 3.13. The van der Waals surface area contributed by atoms with Crippen LogP contribution in [-0.4, -0.2) is 21.8 Å². The predicted octanol–water partition coefficient (Wildman–Crippen LogP) is 2.52. The van der Waals surface area contributed by atoms with Crippen molar-refractivity contribution in [1.29, 1.82) is 0 Å². The molecule has 1 fully saturated rings. The van der Waals surface area contributed by atoms with Crippen molar-refractivity contribution in [1.82, 2.24) is 9.88 Å². The molecule has 1 heterocycles. The zero-order chi connectivity index (χ0) is 13.1. The summed E-state index contributed by atoms with van der Waals surface area (Å²) in [7, 11) is 0. The van der Waals surface area contributed by atoms with Crippen LogP contribution in [0.2, 0.25) is 0 Å². The average Bonchev–Trinajstić information content (AvgIpc) is 2.63. The van der Waals surface area contributed by atoms with Gasteiger partial charge in [-0.25, -0.2) is 0 Å². The van der Waals surface area contributed by atoms with Gasteiger partial charge in [-0.3, -0.25) is 0 Å². The van der Waals surface area contributed by atoms with E-state index in [0.29, 0.717) is 0 Å². The Kier molecular flexibility index (Phi) is 4.46. The van der Waals surface area contributed by atoms with Gasteiger partial charge in [0.2, 0.25) is 0 Å². The minimum Gasteiger partial charge on any atom is -0.392 e. The monoisotopic (exact) mass is 250 g/mol. The maximum absolute atomic E-state index is 9.95. The summed E-state index contributed by atoms with van der Waals surface area (Å²) in [6.07, 6.45) is 4.31. The lowest BCUT2D eigenvalue weighted by Crippen LogP contribution is -2.41. The Morgan fingerprint density at radius 1 is 1.33 bits per heavy atom. The standard InChI is InChI=1S/C15H26N2O/c1-4-17-11(2)9-13(12(17)3)10-16-14-7-5-6-8-15(14)18/h9,14-16,18H,4-8,10H2,1-3H3. The average molecular weight is 250 g/mol. The second-order valence-electron chi connectivity index (χ2n) is 5.48. The van der Waals surface area contributed by atoms with E-state index in [0.717, 1.165) is 25.9 Å². The lowest BCUT2D eigenvalue weighted by molar-refractivity contribution is 0.0902. The molecule has 1 aliphatic rings. The molecule has 18 heavy (non-hydrogen) atoms. The van der Waals surface area contributed by atoms with Crippen LogP contribution >= 0.6 is 0 Å². The van der Waals surface area contributed by atoms with Crippen LogP contribution in [-0.2, 0) is 13.1 Å². The maximum atomic E-state index is 9.95. The smallest absolute Gasteiger partial charge is 0.0693 e. The lowest BCUT2D eigenvalue weighted by Gasteiger charge is -2.28. The molecule has 1 aliphatic carbocycles. The van der Waals surface area contributed by atoms with Gasteiger partial charge >= 0.3 is 0 Å². The van der Waals surface area contributed by atoms with Gasteiger partial charge in [0.05, 0.1) is 6.10 Å². The Morgan fingerprint density at radius 2 is 2.06 bits per heavy atom. The number of aromatic nitrogens is 1. The van der Waals surface area contributed by atoms with E-state index in [1.165, 1.54) is 29.8 Å². The molecule has 0 amide bonds. The quantitative estimate of drug-likeness (QED) is 0.861. The van der Waals surface area contributed by atoms with Crippen LogP contribution in [0.3, 0.4) is 0 Å². The van der Waals surface area contributed by atoms with Gasteiger partial charge in [-0.1, -0.05) is 12.8 Å². The zero-order valence-electron chi connectivity index (χ0n) is 11.9. The summed E-state index contributed by atoms with van der Waals surface area (Å²) in [5.74, 6) is 0. The number of nitrogens with one attached hydrogen (secondary N) is 1. The minimum atomic E-state index is -0.159. The van der Waals surface area contributed by atoms with Crippen molar-refractivity contribution in [3.63, 3.8) is 0 Å². The maximum Gasteiger partial charge on any atom is 0.0693 e.